The number of hydrogen-bond donors (Lipinski definition) is 0. The highest BCUT2D eigenvalue weighted by Gasteiger charge is 1.97. The van der Waals surface area contributed by atoms with Crippen LogP contribution in [0.2, 0.25) is 0 Å². The van der Waals surface area contributed by atoms with E-state index < -0.39 is 0 Å². The number of ether oxygens (including phenoxy) is 1. The minimum atomic E-state index is -0.0840. The van der Waals surface area contributed by atoms with E-state index in [0.29, 0.717) is 13.0 Å². The normalized spacial score (nSPS) is 11.1. The lowest BCUT2D eigenvalue weighted by Crippen LogP contribution is -2.02. The van der Waals surface area contributed by atoms with Crippen LogP contribution in [0.25, 0.3) is 0 Å². The quantitative estimate of drug-likeness (QED) is 0.253. The number of esters is 1. The Kier molecular flexibility index (Phi) is 14.6. The molecule has 0 aliphatic rings. The maximum Gasteiger partial charge on any atom is 0.306 e. The first-order valence-corrected chi connectivity index (χ1v) is 8.11. The number of carbonyl (C=O) groups is 1. The summed E-state index contributed by atoms with van der Waals surface area (Å²) in [5.74, 6) is -0.0840. The van der Waals surface area contributed by atoms with E-state index in [2.05, 4.69) is 19.1 Å². The Hall–Kier alpha value is -0.790. The smallest absolute Gasteiger partial charge is 0.306 e. The summed E-state index contributed by atoms with van der Waals surface area (Å²) in [4.78, 5) is 11.1. The van der Waals surface area contributed by atoms with Gasteiger partial charge in [0.25, 0.3) is 0 Å². The van der Waals surface area contributed by atoms with Crippen LogP contribution in [0.4, 0.5) is 0 Å². The molecule has 0 spiro atoms. The second kappa shape index (κ2) is 15.3. The SMILES string of the molecule is CCCCCCCCCCC=CCCC(=O)OCC. The van der Waals surface area contributed by atoms with Gasteiger partial charge in [0.05, 0.1) is 6.61 Å². The topological polar surface area (TPSA) is 26.3 Å². The molecule has 0 fully saturated rings. The molecule has 0 aliphatic carbocycles. The Morgan fingerprint density at radius 1 is 0.842 bits per heavy atom. The predicted octanol–water partition coefficient (Wildman–Crippen LogP) is 5.42. The zero-order valence-electron chi connectivity index (χ0n) is 13.0. The maximum atomic E-state index is 11.1. The van der Waals surface area contributed by atoms with Gasteiger partial charge in [-0.1, -0.05) is 64.0 Å². The van der Waals surface area contributed by atoms with Gasteiger partial charge in [-0.2, -0.15) is 0 Å². The fourth-order valence-corrected chi connectivity index (χ4v) is 2.07. The van der Waals surface area contributed by atoms with E-state index in [0.717, 1.165) is 12.8 Å². The van der Waals surface area contributed by atoms with Gasteiger partial charge in [-0.3, -0.25) is 4.79 Å². The molecular weight excluding hydrogens is 236 g/mol. The van der Waals surface area contributed by atoms with Crippen molar-refractivity contribution < 1.29 is 9.53 Å². The zero-order valence-corrected chi connectivity index (χ0v) is 13.0. The van der Waals surface area contributed by atoms with Crippen LogP contribution >= 0.6 is 0 Å². The van der Waals surface area contributed by atoms with Crippen LogP contribution in [0.15, 0.2) is 12.2 Å². The van der Waals surface area contributed by atoms with Crippen LogP contribution in [-0.4, -0.2) is 12.6 Å². The number of rotatable bonds is 13. The van der Waals surface area contributed by atoms with Gasteiger partial charge in [-0.05, 0) is 26.2 Å². The fourth-order valence-electron chi connectivity index (χ4n) is 2.07. The third kappa shape index (κ3) is 15.2. The molecule has 0 amide bonds. The van der Waals surface area contributed by atoms with Crippen molar-refractivity contribution in [1.82, 2.24) is 0 Å². The zero-order chi connectivity index (χ0) is 14.2. The van der Waals surface area contributed by atoms with Crippen LogP contribution in [0, 0.1) is 0 Å². The van der Waals surface area contributed by atoms with Crippen molar-refractivity contribution in [2.75, 3.05) is 6.61 Å². The summed E-state index contributed by atoms with van der Waals surface area (Å²) in [5.41, 5.74) is 0. The molecule has 0 saturated heterocycles. The average Bonchev–Trinajstić information content (AvgIpc) is 2.40. The second-order valence-electron chi connectivity index (χ2n) is 5.08. The molecule has 0 radical (unpaired) electrons. The molecule has 0 rings (SSSR count). The first-order chi connectivity index (χ1) is 9.31. The van der Waals surface area contributed by atoms with Crippen molar-refractivity contribution in [2.45, 2.75) is 84.5 Å². The van der Waals surface area contributed by atoms with E-state index in [1.807, 2.05) is 6.92 Å². The van der Waals surface area contributed by atoms with Crippen LogP contribution in [-0.2, 0) is 9.53 Å². The van der Waals surface area contributed by atoms with Crippen LogP contribution in [0.5, 0.6) is 0 Å². The van der Waals surface area contributed by atoms with E-state index in [9.17, 15) is 4.79 Å². The van der Waals surface area contributed by atoms with Gasteiger partial charge in [0.1, 0.15) is 0 Å². The molecule has 0 N–H and O–H groups in total. The first kappa shape index (κ1) is 18.2. The highest BCUT2D eigenvalue weighted by atomic mass is 16.5. The second-order valence-corrected chi connectivity index (χ2v) is 5.08. The summed E-state index contributed by atoms with van der Waals surface area (Å²) >= 11 is 0. The lowest BCUT2D eigenvalue weighted by atomic mass is 10.1. The Labute approximate surface area is 119 Å². The van der Waals surface area contributed by atoms with Crippen LogP contribution in [0.1, 0.15) is 84.5 Å². The maximum absolute atomic E-state index is 11.1. The fraction of sp³-hybridized carbons (Fsp3) is 0.824. The molecule has 0 saturated carbocycles. The standard InChI is InChI=1S/C17H32O2/c1-3-5-6-7-8-9-10-11-12-13-14-15-16-17(18)19-4-2/h13-14H,3-12,15-16H2,1-2H3. The van der Waals surface area contributed by atoms with E-state index in [-0.39, 0.29) is 5.97 Å². The lowest BCUT2D eigenvalue weighted by Gasteiger charge is -2.00. The minimum Gasteiger partial charge on any atom is -0.466 e. The summed E-state index contributed by atoms with van der Waals surface area (Å²) < 4.78 is 4.87. The molecule has 0 aliphatic heterocycles. The average molecular weight is 268 g/mol. The lowest BCUT2D eigenvalue weighted by molar-refractivity contribution is -0.142. The summed E-state index contributed by atoms with van der Waals surface area (Å²) in [7, 11) is 0. The van der Waals surface area contributed by atoms with E-state index in [1.54, 1.807) is 0 Å². The van der Waals surface area contributed by atoms with Gasteiger partial charge >= 0.3 is 5.97 Å². The minimum absolute atomic E-state index is 0.0840. The van der Waals surface area contributed by atoms with Gasteiger partial charge in [0.2, 0.25) is 0 Å². The molecular formula is C17H32O2. The van der Waals surface area contributed by atoms with Crippen LogP contribution < -0.4 is 0 Å². The molecule has 0 heterocycles. The van der Waals surface area contributed by atoms with Gasteiger partial charge in [0.15, 0.2) is 0 Å². The van der Waals surface area contributed by atoms with Crippen LogP contribution in [0.3, 0.4) is 0 Å². The molecule has 112 valence electrons. The number of unbranched alkanes of at least 4 members (excludes halogenated alkanes) is 8. The first-order valence-electron chi connectivity index (χ1n) is 8.11. The highest BCUT2D eigenvalue weighted by Crippen LogP contribution is 2.09. The third-order valence-electron chi connectivity index (χ3n) is 3.21. The molecule has 2 heteroatoms. The van der Waals surface area contributed by atoms with Gasteiger partial charge in [-0.25, -0.2) is 0 Å². The summed E-state index contributed by atoms with van der Waals surface area (Å²) in [6.45, 7) is 4.59. The van der Waals surface area contributed by atoms with E-state index >= 15 is 0 Å². The largest absolute Gasteiger partial charge is 0.466 e. The molecule has 0 aromatic heterocycles. The van der Waals surface area contributed by atoms with Crippen molar-refractivity contribution in [3.05, 3.63) is 12.2 Å². The highest BCUT2D eigenvalue weighted by molar-refractivity contribution is 5.69. The molecule has 0 unspecified atom stereocenters. The summed E-state index contributed by atoms with van der Waals surface area (Å²) in [6, 6.07) is 0. The number of allylic oxidation sites excluding steroid dienone is 2. The Morgan fingerprint density at radius 2 is 1.42 bits per heavy atom. The van der Waals surface area contributed by atoms with Gasteiger partial charge < -0.3 is 4.74 Å². The monoisotopic (exact) mass is 268 g/mol. The molecule has 0 aromatic carbocycles. The summed E-state index contributed by atoms with van der Waals surface area (Å²) in [6.07, 6.45) is 17.7. The Bertz CT molecular complexity index is 221. The molecule has 0 atom stereocenters. The molecule has 0 bridgehead atoms. The van der Waals surface area contributed by atoms with E-state index in [1.165, 1.54) is 51.4 Å². The third-order valence-corrected chi connectivity index (χ3v) is 3.21. The molecule has 0 aromatic rings. The van der Waals surface area contributed by atoms with Gasteiger partial charge in [0, 0.05) is 6.42 Å². The van der Waals surface area contributed by atoms with Gasteiger partial charge in [-0.15, -0.1) is 0 Å². The van der Waals surface area contributed by atoms with Crippen molar-refractivity contribution in [3.8, 4) is 0 Å². The molecule has 2 nitrogen and oxygen atoms in total. The van der Waals surface area contributed by atoms with Crippen molar-refractivity contribution in [1.29, 1.82) is 0 Å². The summed E-state index contributed by atoms with van der Waals surface area (Å²) in [5, 5.41) is 0. The molecule has 19 heavy (non-hydrogen) atoms. The Morgan fingerprint density at radius 3 is 2.05 bits per heavy atom. The number of carbonyl (C=O) groups excluding carboxylic acids is 1. The van der Waals surface area contributed by atoms with Crippen molar-refractivity contribution >= 4 is 5.97 Å². The van der Waals surface area contributed by atoms with Crippen molar-refractivity contribution in [2.24, 2.45) is 0 Å². The van der Waals surface area contributed by atoms with E-state index in [4.69, 9.17) is 4.74 Å². The predicted molar refractivity (Wildman–Crippen MR) is 82.2 cm³/mol. The van der Waals surface area contributed by atoms with Crippen molar-refractivity contribution in [3.63, 3.8) is 0 Å². The number of hydrogen-bond acceptors (Lipinski definition) is 2. The Balaban J connectivity index is 3.14.